The largest absolute Gasteiger partial charge is 0.240 e. The highest BCUT2D eigenvalue weighted by Crippen LogP contribution is 2.29. The third kappa shape index (κ3) is 3.96. The van der Waals surface area contributed by atoms with Gasteiger partial charge < -0.3 is 0 Å². The minimum Gasteiger partial charge on any atom is -0.232 e. The van der Waals surface area contributed by atoms with Crippen molar-refractivity contribution in [2.75, 3.05) is 7.05 Å². The van der Waals surface area contributed by atoms with Crippen LogP contribution in [0.2, 0.25) is 5.02 Å². The molecule has 0 saturated carbocycles. The number of nitrogens with one attached hydrogen (secondary N) is 1. The van der Waals surface area contributed by atoms with Crippen LogP contribution in [-0.2, 0) is 10.0 Å². The van der Waals surface area contributed by atoms with Crippen LogP contribution >= 0.6 is 11.6 Å². The van der Waals surface area contributed by atoms with Crippen molar-refractivity contribution >= 4 is 21.6 Å². The van der Waals surface area contributed by atoms with Gasteiger partial charge in [-0.1, -0.05) is 54.1 Å². The standard InChI is InChI=1S/C22H18ClN3O2S/c1-24-29(27,28)20-13-11-19(12-14-20)26-22(17-7-9-18(23)10-8-17)15-21(25-26)16-5-3-2-4-6-16/h2-15,24H,1H3. The van der Waals surface area contributed by atoms with E-state index in [-0.39, 0.29) is 4.90 Å². The number of hydrogen-bond donors (Lipinski definition) is 1. The quantitative estimate of drug-likeness (QED) is 0.503. The fourth-order valence-electron chi connectivity index (χ4n) is 3.04. The van der Waals surface area contributed by atoms with Gasteiger partial charge >= 0.3 is 0 Å². The Kier molecular flexibility index (Phi) is 5.24. The van der Waals surface area contributed by atoms with E-state index in [1.807, 2.05) is 60.7 Å². The summed E-state index contributed by atoms with van der Waals surface area (Å²) in [7, 11) is -2.11. The Morgan fingerprint density at radius 2 is 1.52 bits per heavy atom. The molecule has 3 aromatic carbocycles. The van der Waals surface area contributed by atoms with Gasteiger partial charge in [-0.25, -0.2) is 17.8 Å². The fourth-order valence-corrected chi connectivity index (χ4v) is 3.89. The van der Waals surface area contributed by atoms with Crippen molar-refractivity contribution in [1.82, 2.24) is 14.5 Å². The molecule has 1 N–H and O–H groups in total. The molecule has 0 radical (unpaired) electrons. The summed E-state index contributed by atoms with van der Waals surface area (Å²) >= 11 is 6.05. The molecule has 0 fully saturated rings. The second-order valence-corrected chi connectivity index (χ2v) is 8.72. The lowest BCUT2D eigenvalue weighted by Crippen LogP contribution is -2.18. The lowest BCUT2D eigenvalue weighted by Gasteiger charge is -2.09. The molecule has 0 saturated heterocycles. The Morgan fingerprint density at radius 1 is 0.862 bits per heavy atom. The van der Waals surface area contributed by atoms with Gasteiger partial charge in [-0.05, 0) is 49.5 Å². The number of halogens is 1. The molecule has 146 valence electrons. The summed E-state index contributed by atoms with van der Waals surface area (Å²) in [6, 6.07) is 26.1. The molecule has 0 amide bonds. The molecular formula is C22H18ClN3O2S. The lowest BCUT2D eigenvalue weighted by atomic mass is 10.1. The molecule has 1 aromatic heterocycles. The van der Waals surface area contributed by atoms with E-state index in [0.29, 0.717) is 5.02 Å². The molecule has 0 spiro atoms. The average Bonchev–Trinajstić information content (AvgIpc) is 3.20. The first-order valence-electron chi connectivity index (χ1n) is 8.93. The van der Waals surface area contributed by atoms with Crippen molar-refractivity contribution in [3.8, 4) is 28.2 Å². The zero-order valence-corrected chi connectivity index (χ0v) is 17.2. The summed E-state index contributed by atoms with van der Waals surface area (Å²) in [4.78, 5) is 0.201. The molecule has 0 bridgehead atoms. The van der Waals surface area contributed by atoms with Crippen LogP contribution < -0.4 is 4.72 Å². The van der Waals surface area contributed by atoms with Crippen molar-refractivity contribution in [3.05, 3.63) is 90.0 Å². The van der Waals surface area contributed by atoms with Crippen molar-refractivity contribution in [3.63, 3.8) is 0 Å². The van der Waals surface area contributed by atoms with Crippen LogP contribution in [0.5, 0.6) is 0 Å². The molecule has 0 unspecified atom stereocenters. The van der Waals surface area contributed by atoms with Gasteiger partial charge in [0.1, 0.15) is 0 Å². The number of hydrogen-bond acceptors (Lipinski definition) is 3. The van der Waals surface area contributed by atoms with Gasteiger partial charge in [-0.3, -0.25) is 0 Å². The summed E-state index contributed by atoms with van der Waals surface area (Å²) in [5.41, 5.74) is 4.41. The average molecular weight is 424 g/mol. The van der Waals surface area contributed by atoms with Crippen molar-refractivity contribution in [1.29, 1.82) is 0 Å². The Morgan fingerprint density at radius 3 is 2.14 bits per heavy atom. The first kappa shape index (κ1) is 19.4. The van der Waals surface area contributed by atoms with E-state index >= 15 is 0 Å². The Bertz CT molecular complexity index is 1230. The smallest absolute Gasteiger partial charge is 0.232 e. The summed E-state index contributed by atoms with van der Waals surface area (Å²) < 4.78 is 28.2. The first-order valence-corrected chi connectivity index (χ1v) is 10.8. The minimum atomic E-state index is -3.50. The number of rotatable bonds is 5. The topological polar surface area (TPSA) is 64.0 Å². The van der Waals surface area contributed by atoms with Gasteiger partial charge in [0, 0.05) is 16.1 Å². The zero-order chi connectivity index (χ0) is 20.4. The Balaban J connectivity index is 1.85. The molecule has 0 aliphatic carbocycles. The zero-order valence-electron chi connectivity index (χ0n) is 15.6. The molecule has 0 aliphatic heterocycles. The molecule has 4 rings (SSSR count). The highest BCUT2D eigenvalue weighted by molar-refractivity contribution is 7.89. The second-order valence-electron chi connectivity index (χ2n) is 6.40. The molecule has 4 aromatic rings. The van der Waals surface area contributed by atoms with Gasteiger partial charge in [0.05, 0.1) is 22.0 Å². The molecule has 29 heavy (non-hydrogen) atoms. The van der Waals surface area contributed by atoms with Gasteiger partial charge in [-0.2, -0.15) is 5.10 Å². The number of nitrogens with zero attached hydrogens (tertiary/aromatic N) is 2. The second kappa shape index (κ2) is 7.83. The van der Waals surface area contributed by atoms with Crippen LogP contribution in [0.15, 0.2) is 89.8 Å². The number of benzene rings is 3. The predicted octanol–water partition coefficient (Wildman–Crippen LogP) is 4.77. The normalized spacial score (nSPS) is 11.5. The predicted molar refractivity (Wildman–Crippen MR) is 116 cm³/mol. The summed E-state index contributed by atoms with van der Waals surface area (Å²) in [6.07, 6.45) is 0. The first-order chi connectivity index (χ1) is 14.0. The van der Waals surface area contributed by atoms with Crippen LogP contribution in [0.25, 0.3) is 28.2 Å². The number of sulfonamides is 1. The van der Waals surface area contributed by atoms with E-state index in [0.717, 1.165) is 28.2 Å². The van der Waals surface area contributed by atoms with Crippen LogP contribution in [0, 0.1) is 0 Å². The highest BCUT2D eigenvalue weighted by atomic mass is 35.5. The third-order valence-corrected chi connectivity index (χ3v) is 6.26. The van der Waals surface area contributed by atoms with Crippen LogP contribution in [0.3, 0.4) is 0 Å². The monoisotopic (exact) mass is 423 g/mol. The molecule has 0 atom stereocenters. The van der Waals surface area contributed by atoms with E-state index in [2.05, 4.69) is 4.72 Å². The molecule has 5 nitrogen and oxygen atoms in total. The van der Waals surface area contributed by atoms with Gasteiger partial charge in [0.2, 0.25) is 10.0 Å². The summed E-state index contributed by atoms with van der Waals surface area (Å²) in [6.45, 7) is 0. The minimum absolute atomic E-state index is 0.201. The van der Waals surface area contributed by atoms with Crippen LogP contribution in [0.4, 0.5) is 0 Å². The lowest BCUT2D eigenvalue weighted by molar-refractivity contribution is 0.588. The third-order valence-electron chi connectivity index (χ3n) is 4.58. The van der Waals surface area contributed by atoms with E-state index in [1.54, 1.807) is 28.9 Å². The maximum atomic E-state index is 12.0. The molecule has 1 heterocycles. The van der Waals surface area contributed by atoms with Crippen molar-refractivity contribution < 1.29 is 8.42 Å². The summed E-state index contributed by atoms with van der Waals surface area (Å²) in [5.74, 6) is 0. The number of aromatic nitrogens is 2. The van der Waals surface area contributed by atoms with Crippen molar-refractivity contribution in [2.24, 2.45) is 0 Å². The molecule has 7 heteroatoms. The van der Waals surface area contributed by atoms with E-state index < -0.39 is 10.0 Å². The maximum absolute atomic E-state index is 12.0. The Hall–Kier alpha value is -2.93. The summed E-state index contributed by atoms with van der Waals surface area (Å²) in [5, 5.41) is 5.44. The molecule has 0 aliphatic rings. The SMILES string of the molecule is CNS(=O)(=O)c1ccc(-n2nc(-c3ccccc3)cc2-c2ccc(Cl)cc2)cc1. The van der Waals surface area contributed by atoms with E-state index in [1.165, 1.54) is 7.05 Å². The van der Waals surface area contributed by atoms with Crippen LogP contribution in [-0.4, -0.2) is 25.2 Å². The van der Waals surface area contributed by atoms with E-state index in [9.17, 15) is 8.42 Å². The van der Waals surface area contributed by atoms with E-state index in [4.69, 9.17) is 16.7 Å². The van der Waals surface area contributed by atoms with Gasteiger partial charge in [0.15, 0.2) is 0 Å². The Labute approximate surface area is 174 Å². The van der Waals surface area contributed by atoms with Gasteiger partial charge in [0.25, 0.3) is 0 Å². The highest BCUT2D eigenvalue weighted by Gasteiger charge is 2.15. The van der Waals surface area contributed by atoms with Crippen LogP contribution in [0.1, 0.15) is 0 Å². The van der Waals surface area contributed by atoms with Crippen molar-refractivity contribution in [2.45, 2.75) is 4.90 Å². The van der Waals surface area contributed by atoms with Gasteiger partial charge in [-0.15, -0.1) is 0 Å². The molecular weight excluding hydrogens is 406 g/mol. The maximum Gasteiger partial charge on any atom is 0.240 e. The fraction of sp³-hybridized carbons (Fsp3) is 0.0455.